The van der Waals surface area contributed by atoms with Crippen molar-refractivity contribution in [2.24, 2.45) is 5.92 Å². The van der Waals surface area contributed by atoms with Crippen LogP contribution >= 0.6 is 23.2 Å². The van der Waals surface area contributed by atoms with Gasteiger partial charge in [0.15, 0.2) is 0 Å². The number of pyridine rings is 1. The van der Waals surface area contributed by atoms with Gasteiger partial charge in [-0.15, -0.1) is 0 Å². The summed E-state index contributed by atoms with van der Waals surface area (Å²) in [4.78, 5) is 22.9. The van der Waals surface area contributed by atoms with E-state index in [1.807, 2.05) is 35.4 Å². The maximum absolute atomic E-state index is 13.9. The Kier molecular flexibility index (Phi) is 10.9. The quantitative estimate of drug-likeness (QED) is 0.205. The Labute approximate surface area is 243 Å². The number of carbonyl (C=O) groups is 1. The second-order valence-corrected chi connectivity index (χ2v) is 11.9. The lowest BCUT2D eigenvalue weighted by atomic mass is 10.0. The van der Waals surface area contributed by atoms with Gasteiger partial charge in [0.25, 0.3) is 5.91 Å². The third kappa shape index (κ3) is 8.33. The highest BCUT2D eigenvalue weighted by atomic mass is 35.5. The second-order valence-electron chi connectivity index (χ2n) is 11.1. The van der Waals surface area contributed by atoms with E-state index in [4.69, 9.17) is 27.6 Å². The van der Waals surface area contributed by atoms with Gasteiger partial charge in [-0.1, -0.05) is 62.9 Å². The van der Waals surface area contributed by atoms with Crippen LogP contribution in [-0.4, -0.2) is 46.4 Å². The predicted octanol–water partition coefficient (Wildman–Crippen LogP) is 8.53. The number of unbranched alkanes of at least 4 members (excludes halogenated alkanes) is 2. The fraction of sp³-hybridized carbons (Fsp3) is 0.500. The highest BCUT2D eigenvalue weighted by molar-refractivity contribution is 6.36. The van der Waals surface area contributed by atoms with Crippen molar-refractivity contribution in [3.8, 4) is 11.3 Å². The molecule has 0 radical (unpaired) electrons. The Morgan fingerprint density at radius 3 is 2.56 bits per heavy atom. The molecule has 3 heterocycles. The standard InChI is InChI=1S/C32H41Cl2N3O2/c1-4-5-6-7-24-8-12-30(35-21-24)32(38)37(26-15-18-36(19-16-26)17-14-23(2)3)22-27-10-13-31(39-27)28-11-9-25(33)20-29(28)34/h8-13,20-21,23,26H,4-7,14-19,22H2,1-3H3. The molecule has 4 rings (SSSR count). The molecule has 0 aliphatic carbocycles. The van der Waals surface area contributed by atoms with Crippen LogP contribution in [-0.2, 0) is 13.0 Å². The molecule has 1 fully saturated rings. The molecule has 0 atom stereocenters. The van der Waals surface area contributed by atoms with E-state index in [9.17, 15) is 4.79 Å². The topological polar surface area (TPSA) is 49.6 Å². The van der Waals surface area contributed by atoms with Crippen molar-refractivity contribution >= 4 is 29.1 Å². The summed E-state index contributed by atoms with van der Waals surface area (Å²) >= 11 is 12.5. The van der Waals surface area contributed by atoms with E-state index in [1.165, 1.54) is 24.8 Å². The van der Waals surface area contributed by atoms with Crippen LogP contribution in [0.25, 0.3) is 11.3 Å². The van der Waals surface area contributed by atoms with Gasteiger partial charge in [-0.3, -0.25) is 9.78 Å². The zero-order chi connectivity index (χ0) is 27.8. The van der Waals surface area contributed by atoms with Crippen LogP contribution in [0, 0.1) is 5.92 Å². The number of halogens is 2. The molecular formula is C32H41Cl2N3O2. The third-order valence-corrected chi connectivity index (χ3v) is 8.13. The molecule has 0 saturated carbocycles. The van der Waals surface area contributed by atoms with Crippen molar-refractivity contribution in [2.75, 3.05) is 19.6 Å². The summed E-state index contributed by atoms with van der Waals surface area (Å²) < 4.78 is 6.21. The van der Waals surface area contributed by atoms with E-state index in [0.717, 1.165) is 56.6 Å². The van der Waals surface area contributed by atoms with Crippen molar-refractivity contribution in [1.29, 1.82) is 0 Å². The van der Waals surface area contributed by atoms with Crippen molar-refractivity contribution in [3.05, 3.63) is 75.7 Å². The van der Waals surface area contributed by atoms with Gasteiger partial charge in [-0.25, -0.2) is 0 Å². The molecule has 0 N–H and O–H groups in total. The van der Waals surface area contributed by atoms with Gasteiger partial charge in [0.1, 0.15) is 17.2 Å². The predicted molar refractivity (Wildman–Crippen MR) is 160 cm³/mol. The Bertz CT molecular complexity index is 1200. The molecule has 210 valence electrons. The molecule has 2 aromatic heterocycles. The summed E-state index contributed by atoms with van der Waals surface area (Å²) in [5.41, 5.74) is 2.45. The number of likely N-dealkylation sites (tertiary alicyclic amines) is 1. The molecule has 7 heteroatoms. The van der Waals surface area contributed by atoms with E-state index >= 15 is 0 Å². The summed E-state index contributed by atoms with van der Waals surface area (Å²) in [5, 5.41) is 1.12. The summed E-state index contributed by atoms with van der Waals surface area (Å²) in [6, 6.07) is 13.3. The zero-order valence-corrected chi connectivity index (χ0v) is 25.0. The van der Waals surface area contributed by atoms with E-state index in [0.29, 0.717) is 34.0 Å². The van der Waals surface area contributed by atoms with E-state index < -0.39 is 0 Å². The Morgan fingerprint density at radius 2 is 1.90 bits per heavy atom. The fourth-order valence-corrected chi connectivity index (χ4v) is 5.65. The Hall–Kier alpha value is -2.34. The summed E-state index contributed by atoms with van der Waals surface area (Å²) in [6.45, 7) is 10.2. The minimum atomic E-state index is -0.0433. The number of nitrogens with zero attached hydrogens (tertiary/aromatic N) is 3. The van der Waals surface area contributed by atoms with Gasteiger partial charge in [0, 0.05) is 35.9 Å². The van der Waals surface area contributed by atoms with Gasteiger partial charge in [-0.05, 0) is 86.5 Å². The van der Waals surface area contributed by atoms with Gasteiger partial charge in [0.05, 0.1) is 11.6 Å². The number of rotatable bonds is 12. The van der Waals surface area contributed by atoms with Gasteiger partial charge in [0.2, 0.25) is 0 Å². The number of hydrogen-bond acceptors (Lipinski definition) is 4. The van der Waals surface area contributed by atoms with Crippen LogP contribution < -0.4 is 0 Å². The first-order valence-corrected chi connectivity index (χ1v) is 15.1. The van der Waals surface area contributed by atoms with Crippen molar-refractivity contribution in [3.63, 3.8) is 0 Å². The monoisotopic (exact) mass is 569 g/mol. The highest BCUT2D eigenvalue weighted by Crippen LogP contribution is 2.32. The lowest BCUT2D eigenvalue weighted by Gasteiger charge is -2.38. The zero-order valence-electron chi connectivity index (χ0n) is 23.5. The lowest BCUT2D eigenvalue weighted by Crippen LogP contribution is -2.47. The third-order valence-electron chi connectivity index (χ3n) is 7.58. The molecule has 5 nitrogen and oxygen atoms in total. The number of furan rings is 1. The number of aryl methyl sites for hydroxylation is 1. The molecule has 1 aliphatic rings. The van der Waals surface area contributed by atoms with Crippen LogP contribution in [0.5, 0.6) is 0 Å². The van der Waals surface area contributed by atoms with Crippen LogP contribution in [0.4, 0.5) is 0 Å². The van der Waals surface area contributed by atoms with E-state index in [2.05, 4.69) is 36.7 Å². The maximum Gasteiger partial charge on any atom is 0.273 e. The minimum Gasteiger partial charge on any atom is -0.459 e. The van der Waals surface area contributed by atoms with Crippen molar-refractivity contribution in [1.82, 2.24) is 14.8 Å². The molecule has 1 aromatic carbocycles. The van der Waals surface area contributed by atoms with Crippen LogP contribution in [0.2, 0.25) is 10.0 Å². The molecular weight excluding hydrogens is 529 g/mol. The first-order chi connectivity index (χ1) is 18.8. The molecule has 1 aliphatic heterocycles. The summed E-state index contributed by atoms with van der Waals surface area (Å²) in [5.74, 6) is 2.04. The summed E-state index contributed by atoms with van der Waals surface area (Å²) in [7, 11) is 0. The minimum absolute atomic E-state index is 0.0433. The maximum atomic E-state index is 13.9. The van der Waals surface area contributed by atoms with Gasteiger partial charge >= 0.3 is 0 Å². The second kappa shape index (κ2) is 14.3. The smallest absolute Gasteiger partial charge is 0.273 e. The first-order valence-electron chi connectivity index (χ1n) is 14.4. The van der Waals surface area contributed by atoms with E-state index in [-0.39, 0.29) is 11.9 Å². The summed E-state index contributed by atoms with van der Waals surface area (Å²) in [6.07, 6.45) is 9.48. The normalized spacial score (nSPS) is 14.7. The lowest BCUT2D eigenvalue weighted by molar-refractivity contribution is 0.0522. The van der Waals surface area contributed by atoms with Crippen LogP contribution in [0.1, 0.15) is 81.1 Å². The van der Waals surface area contributed by atoms with Gasteiger partial charge in [-0.2, -0.15) is 0 Å². The average Bonchev–Trinajstić information content (AvgIpc) is 3.39. The number of amides is 1. The SMILES string of the molecule is CCCCCc1ccc(C(=O)N(Cc2ccc(-c3ccc(Cl)cc3Cl)o2)C2CCN(CCC(C)C)CC2)nc1. The fourth-order valence-electron chi connectivity index (χ4n) is 5.15. The highest BCUT2D eigenvalue weighted by Gasteiger charge is 2.30. The van der Waals surface area contributed by atoms with E-state index in [1.54, 1.807) is 12.1 Å². The number of piperidine rings is 1. The van der Waals surface area contributed by atoms with Crippen LogP contribution in [0.3, 0.4) is 0 Å². The molecule has 0 bridgehead atoms. The van der Waals surface area contributed by atoms with Crippen molar-refractivity contribution in [2.45, 2.75) is 78.3 Å². The molecule has 0 spiro atoms. The molecule has 1 saturated heterocycles. The largest absolute Gasteiger partial charge is 0.459 e. The Balaban J connectivity index is 1.51. The molecule has 0 unspecified atom stereocenters. The average molecular weight is 571 g/mol. The van der Waals surface area contributed by atoms with Gasteiger partial charge < -0.3 is 14.2 Å². The molecule has 3 aromatic rings. The number of hydrogen-bond donors (Lipinski definition) is 0. The van der Waals surface area contributed by atoms with Crippen molar-refractivity contribution < 1.29 is 9.21 Å². The number of carbonyl (C=O) groups excluding carboxylic acids is 1. The Morgan fingerprint density at radius 1 is 1.10 bits per heavy atom. The number of benzene rings is 1. The number of aromatic nitrogens is 1. The molecule has 39 heavy (non-hydrogen) atoms. The molecule has 1 amide bonds. The van der Waals surface area contributed by atoms with Crippen LogP contribution in [0.15, 0.2) is 53.1 Å². The first kappa shape index (κ1) is 29.6.